The van der Waals surface area contributed by atoms with Crippen LogP contribution in [0.5, 0.6) is 0 Å². The van der Waals surface area contributed by atoms with Crippen molar-refractivity contribution in [1.29, 1.82) is 0 Å². The lowest BCUT2D eigenvalue weighted by molar-refractivity contribution is -0.110. The number of nitrogens with one attached hydrogen (secondary N) is 1. The normalized spacial score (nSPS) is 23.6. The summed E-state index contributed by atoms with van der Waals surface area (Å²) < 4.78 is 45.4. The van der Waals surface area contributed by atoms with Gasteiger partial charge in [-0.05, 0) is 17.7 Å². The first kappa shape index (κ1) is 16.3. The van der Waals surface area contributed by atoms with Crippen LogP contribution in [0.15, 0.2) is 24.3 Å². The fraction of sp³-hybridized carbons (Fsp3) is 0.538. The topological polar surface area (TPSA) is 67.9 Å². The fourth-order valence-corrected chi connectivity index (χ4v) is 3.85. The molecule has 118 valence electrons. The molecular formula is C13H19FN2O4S. The molecule has 1 heterocycles. The average Bonchev–Trinajstić information content (AvgIpc) is 2.81. The summed E-state index contributed by atoms with van der Waals surface area (Å²) in [5.74, 6) is -0.406. The minimum atomic E-state index is -3.59. The molecule has 0 aromatic heterocycles. The van der Waals surface area contributed by atoms with Crippen molar-refractivity contribution in [2.45, 2.75) is 11.3 Å². The minimum absolute atomic E-state index is 0.0278. The standard InChI is InChI=1S/C13H19FN2O4S/c1-16-13(10-4-3-5-11(14)8-10)12(9-20-16)21(17,18)15-6-7-19-2/h3-5,8,12-13,15H,6-7,9H2,1-2H3. The number of hydrogen-bond acceptors (Lipinski definition) is 5. The van der Waals surface area contributed by atoms with E-state index in [1.165, 1.54) is 24.3 Å². The first-order valence-corrected chi connectivity index (χ1v) is 8.09. The fourth-order valence-electron chi connectivity index (χ4n) is 2.36. The lowest BCUT2D eigenvalue weighted by Crippen LogP contribution is -2.40. The molecule has 0 aliphatic carbocycles. The summed E-state index contributed by atoms with van der Waals surface area (Å²) in [6.07, 6.45) is 0. The lowest BCUT2D eigenvalue weighted by Gasteiger charge is -2.23. The van der Waals surface area contributed by atoms with E-state index in [1.54, 1.807) is 19.2 Å². The Labute approximate surface area is 123 Å². The van der Waals surface area contributed by atoms with E-state index in [-0.39, 0.29) is 19.8 Å². The Morgan fingerprint density at radius 1 is 1.52 bits per heavy atom. The first-order chi connectivity index (χ1) is 9.95. The number of rotatable bonds is 6. The molecule has 8 heteroatoms. The molecule has 1 N–H and O–H groups in total. The molecule has 1 aromatic carbocycles. The molecule has 0 radical (unpaired) electrons. The van der Waals surface area contributed by atoms with Gasteiger partial charge in [0.1, 0.15) is 11.1 Å². The third-order valence-corrected chi connectivity index (χ3v) is 5.18. The predicted molar refractivity (Wildman–Crippen MR) is 75.4 cm³/mol. The number of hydroxylamine groups is 2. The second-order valence-electron chi connectivity index (χ2n) is 4.81. The number of methoxy groups -OCH3 is 1. The quantitative estimate of drug-likeness (QED) is 0.781. The van der Waals surface area contributed by atoms with Crippen LogP contribution in [0.25, 0.3) is 0 Å². The smallest absolute Gasteiger partial charge is 0.218 e. The number of benzene rings is 1. The van der Waals surface area contributed by atoms with Crippen molar-refractivity contribution in [2.75, 3.05) is 33.9 Å². The number of halogens is 1. The van der Waals surface area contributed by atoms with Gasteiger partial charge in [0.05, 0.1) is 19.3 Å². The van der Waals surface area contributed by atoms with Crippen LogP contribution in [0.2, 0.25) is 0 Å². The number of ether oxygens (including phenoxy) is 1. The molecule has 21 heavy (non-hydrogen) atoms. The molecule has 0 amide bonds. The summed E-state index contributed by atoms with van der Waals surface area (Å²) in [6, 6.07) is 5.34. The minimum Gasteiger partial charge on any atom is -0.383 e. The molecule has 2 unspecified atom stereocenters. The van der Waals surface area contributed by atoms with Gasteiger partial charge in [0.25, 0.3) is 0 Å². The third kappa shape index (κ3) is 3.78. The van der Waals surface area contributed by atoms with E-state index < -0.39 is 27.1 Å². The Bertz CT molecular complexity index is 581. The second kappa shape index (κ2) is 6.80. The van der Waals surface area contributed by atoms with Crippen molar-refractivity contribution < 1.29 is 22.4 Å². The second-order valence-corrected chi connectivity index (χ2v) is 6.80. The Morgan fingerprint density at radius 2 is 2.29 bits per heavy atom. The Kier molecular flexibility index (Phi) is 5.28. The molecule has 2 rings (SSSR count). The van der Waals surface area contributed by atoms with E-state index in [9.17, 15) is 12.8 Å². The van der Waals surface area contributed by atoms with Crippen LogP contribution in [-0.2, 0) is 19.6 Å². The largest absolute Gasteiger partial charge is 0.383 e. The maximum atomic E-state index is 13.4. The van der Waals surface area contributed by atoms with Crippen molar-refractivity contribution in [3.05, 3.63) is 35.6 Å². The summed E-state index contributed by atoms with van der Waals surface area (Å²) in [7, 11) is -0.459. The van der Waals surface area contributed by atoms with Gasteiger partial charge in [-0.3, -0.25) is 4.84 Å². The molecule has 0 spiro atoms. The van der Waals surface area contributed by atoms with E-state index in [4.69, 9.17) is 9.57 Å². The summed E-state index contributed by atoms with van der Waals surface area (Å²) in [5, 5.41) is 0.649. The highest BCUT2D eigenvalue weighted by molar-refractivity contribution is 7.90. The van der Waals surface area contributed by atoms with Crippen molar-refractivity contribution in [2.24, 2.45) is 0 Å². The summed E-state index contributed by atoms with van der Waals surface area (Å²) in [5.41, 5.74) is 0.567. The van der Waals surface area contributed by atoms with Crippen LogP contribution >= 0.6 is 0 Å². The maximum Gasteiger partial charge on any atom is 0.218 e. The van der Waals surface area contributed by atoms with Crippen LogP contribution in [0.1, 0.15) is 11.6 Å². The van der Waals surface area contributed by atoms with Gasteiger partial charge < -0.3 is 4.74 Å². The Morgan fingerprint density at radius 3 is 2.95 bits per heavy atom. The molecule has 1 aliphatic rings. The average molecular weight is 318 g/mol. The summed E-state index contributed by atoms with van der Waals surface area (Å²) in [6.45, 7) is 0.502. The maximum absolute atomic E-state index is 13.4. The van der Waals surface area contributed by atoms with Crippen LogP contribution in [-0.4, -0.2) is 52.6 Å². The lowest BCUT2D eigenvalue weighted by atomic mass is 10.0. The van der Waals surface area contributed by atoms with E-state index in [1.807, 2.05) is 0 Å². The van der Waals surface area contributed by atoms with Gasteiger partial charge in [0, 0.05) is 20.7 Å². The third-order valence-electron chi connectivity index (χ3n) is 3.38. The van der Waals surface area contributed by atoms with Crippen molar-refractivity contribution in [3.63, 3.8) is 0 Å². The van der Waals surface area contributed by atoms with Crippen molar-refractivity contribution in [3.8, 4) is 0 Å². The molecular weight excluding hydrogens is 299 g/mol. The summed E-state index contributed by atoms with van der Waals surface area (Å²) >= 11 is 0. The van der Waals surface area contributed by atoms with Gasteiger partial charge in [-0.2, -0.15) is 5.06 Å². The molecule has 6 nitrogen and oxygen atoms in total. The van der Waals surface area contributed by atoms with Crippen LogP contribution in [0, 0.1) is 5.82 Å². The van der Waals surface area contributed by atoms with Crippen LogP contribution < -0.4 is 4.72 Å². The predicted octanol–water partition coefficient (Wildman–Crippen LogP) is 0.678. The molecule has 1 fully saturated rings. The van der Waals surface area contributed by atoms with E-state index in [0.717, 1.165) is 0 Å². The highest BCUT2D eigenvalue weighted by Gasteiger charge is 2.43. The van der Waals surface area contributed by atoms with E-state index in [2.05, 4.69) is 4.72 Å². The highest BCUT2D eigenvalue weighted by Crippen LogP contribution is 2.33. The highest BCUT2D eigenvalue weighted by atomic mass is 32.2. The molecule has 0 saturated carbocycles. The first-order valence-electron chi connectivity index (χ1n) is 6.54. The van der Waals surface area contributed by atoms with Gasteiger partial charge in [-0.15, -0.1) is 0 Å². The molecule has 1 aromatic rings. The van der Waals surface area contributed by atoms with Crippen molar-refractivity contribution >= 4 is 10.0 Å². The SMILES string of the molecule is COCCNS(=O)(=O)C1CON(C)C1c1cccc(F)c1. The van der Waals surface area contributed by atoms with Crippen molar-refractivity contribution in [1.82, 2.24) is 9.79 Å². The molecule has 2 atom stereocenters. The van der Waals surface area contributed by atoms with Gasteiger partial charge >= 0.3 is 0 Å². The molecule has 1 aliphatic heterocycles. The summed E-state index contributed by atoms with van der Waals surface area (Å²) in [4.78, 5) is 5.33. The zero-order valence-electron chi connectivity index (χ0n) is 12.0. The molecule has 0 bridgehead atoms. The number of hydrogen-bond donors (Lipinski definition) is 1. The monoisotopic (exact) mass is 318 g/mol. The number of nitrogens with zero attached hydrogens (tertiary/aromatic N) is 1. The van der Waals surface area contributed by atoms with Gasteiger partial charge in [0.2, 0.25) is 10.0 Å². The number of sulfonamides is 1. The van der Waals surface area contributed by atoms with Gasteiger partial charge in [0.15, 0.2) is 0 Å². The van der Waals surface area contributed by atoms with Gasteiger partial charge in [-0.1, -0.05) is 12.1 Å². The van der Waals surface area contributed by atoms with E-state index >= 15 is 0 Å². The molecule has 1 saturated heterocycles. The van der Waals surface area contributed by atoms with E-state index in [0.29, 0.717) is 5.56 Å². The van der Waals surface area contributed by atoms with Crippen LogP contribution in [0.3, 0.4) is 0 Å². The Balaban J connectivity index is 2.22. The van der Waals surface area contributed by atoms with Crippen LogP contribution in [0.4, 0.5) is 4.39 Å². The zero-order chi connectivity index (χ0) is 15.5. The Hall–Kier alpha value is -1.06. The van der Waals surface area contributed by atoms with Gasteiger partial charge in [-0.25, -0.2) is 17.5 Å². The zero-order valence-corrected chi connectivity index (χ0v) is 12.8.